The van der Waals surface area contributed by atoms with E-state index in [1.54, 1.807) is 4.90 Å². The molecule has 1 aromatic rings. The fourth-order valence-corrected chi connectivity index (χ4v) is 4.34. The van der Waals surface area contributed by atoms with Crippen LogP contribution in [-0.4, -0.2) is 43.5 Å². The molecule has 0 spiro atoms. The molecule has 0 aromatic heterocycles. The van der Waals surface area contributed by atoms with Crippen molar-refractivity contribution in [2.24, 2.45) is 0 Å². The molecule has 1 aromatic carbocycles. The van der Waals surface area contributed by atoms with E-state index < -0.39 is 0 Å². The van der Waals surface area contributed by atoms with E-state index in [9.17, 15) is 0 Å². The number of para-hydroxylation sites is 1. The van der Waals surface area contributed by atoms with Gasteiger partial charge < -0.3 is 20.3 Å². The van der Waals surface area contributed by atoms with Gasteiger partial charge in [0, 0.05) is 18.5 Å². The minimum Gasteiger partial charge on any atom is -0.370 e. The van der Waals surface area contributed by atoms with Crippen molar-refractivity contribution in [2.45, 2.75) is 44.6 Å². The number of benzene rings is 1. The second-order valence-electron chi connectivity index (χ2n) is 7.18. The van der Waals surface area contributed by atoms with Crippen molar-refractivity contribution in [3.05, 3.63) is 29.8 Å². The van der Waals surface area contributed by atoms with Crippen molar-refractivity contribution >= 4 is 23.0 Å². The summed E-state index contributed by atoms with van der Waals surface area (Å²) in [6.07, 6.45) is 6.64. The van der Waals surface area contributed by atoms with Crippen molar-refractivity contribution in [3.63, 3.8) is 0 Å². The molecule has 4 nitrogen and oxygen atoms in total. The van der Waals surface area contributed by atoms with Gasteiger partial charge in [0.1, 0.15) is 18.6 Å². The monoisotopic (exact) mass is 348 g/mol. The molecule has 1 saturated carbocycles. The van der Waals surface area contributed by atoms with Crippen LogP contribution in [0.2, 0.25) is 0 Å². The van der Waals surface area contributed by atoms with Crippen molar-refractivity contribution in [1.82, 2.24) is 5.32 Å². The number of rotatable bonds is 4. The van der Waals surface area contributed by atoms with E-state index in [2.05, 4.69) is 35.8 Å². The van der Waals surface area contributed by atoms with Crippen LogP contribution in [0, 0.1) is 6.92 Å². The SMILES string of the molecule is Cc1ccccc1NC(=S)NCC1([NH+]2CCOCC2)CCCCC1. The normalized spacial score (nSPS) is 21.2. The van der Waals surface area contributed by atoms with E-state index in [0.29, 0.717) is 5.54 Å². The predicted octanol–water partition coefficient (Wildman–Crippen LogP) is 1.90. The molecule has 3 rings (SSSR count). The lowest BCUT2D eigenvalue weighted by molar-refractivity contribution is -0.960. The average molecular weight is 349 g/mol. The van der Waals surface area contributed by atoms with Crippen LogP contribution < -0.4 is 15.5 Å². The molecule has 2 fully saturated rings. The minimum atomic E-state index is 0.319. The maximum atomic E-state index is 5.57. The first-order valence-electron chi connectivity index (χ1n) is 9.23. The van der Waals surface area contributed by atoms with E-state index in [1.165, 1.54) is 37.7 Å². The Hall–Kier alpha value is -1.17. The maximum absolute atomic E-state index is 5.57. The molecule has 1 aliphatic carbocycles. The average Bonchev–Trinajstić information content (AvgIpc) is 2.63. The number of nitrogens with one attached hydrogen (secondary N) is 3. The number of ether oxygens (including phenoxy) is 1. The molecule has 5 heteroatoms. The number of hydrogen-bond acceptors (Lipinski definition) is 2. The van der Waals surface area contributed by atoms with Crippen LogP contribution in [0.25, 0.3) is 0 Å². The summed E-state index contributed by atoms with van der Waals surface area (Å²) in [5.41, 5.74) is 2.62. The van der Waals surface area contributed by atoms with Gasteiger partial charge in [0.2, 0.25) is 0 Å². The van der Waals surface area contributed by atoms with Gasteiger partial charge in [0.05, 0.1) is 19.8 Å². The van der Waals surface area contributed by atoms with Gasteiger partial charge in [-0.25, -0.2) is 0 Å². The zero-order chi connectivity index (χ0) is 16.8. The Morgan fingerprint density at radius 3 is 2.58 bits per heavy atom. The van der Waals surface area contributed by atoms with Crippen LogP contribution in [-0.2, 0) is 4.74 Å². The molecule has 1 saturated heterocycles. The van der Waals surface area contributed by atoms with Crippen LogP contribution in [0.15, 0.2) is 24.3 Å². The Morgan fingerprint density at radius 1 is 1.17 bits per heavy atom. The number of anilines is 1. The van der Waals surface area contributed by atoms with Crippen LogP contribution in [0.4, 0.5) is 5.69 Å². The van der Waals surface area contributed by atoms with Crippen molar-refractivity contribution in [2.75, 3.05) is 38.2 Å². The summed E-state index contributed by atoms with van der Waals surface area (Å²) in [4.78, 5) is 1.71. The lowest BCUT2D eigenvalue weighted by Gasteiger charge is -2.45. The first-order valence-corrected chi connectivity index (χ1v) is 9.64. The molecule has 3 N–H and O–H groups in total. The molecular formula is C19H30N3OS+. The number of thiocarbonyl (C=S) groups is 1. The molecule has 1 aliphatic heterocycles. The van der Waals surface area contributed by atoms with Gasteiger partial charge in [-0.1, -0.05) is 24.6 Å². The molecule has 24 heavy (non-hydrogen) atoms. The Bertz CT molecular complexity index is 551. The summed E-state index contributed by atoms with van der Waals surface area (Å²) in [6, 6.07) is 8.27. The van der Waals surface area contributed by atoms with Gasteiger partial charge in [-0.3, -0.25) is 0 Å². The van der Waals surface area contributed by atoms with Crippen molar-refractivity contribution < 1.29 is 9.64 Å². The molecule has 0 bridgehead atoms. The maximum Gasteiger partial charge on any atom is 0.171 e. The van der Waals surface area contributed by atoms with E-state index in [0.717, 1.165) is 43.6 Å². The Balaban J connectivity index is 1.60. The molecule has 0 radical (unpaired) electrons. The summed E-state index contributed by atoms with van der Waals surface area (Å²) in [5, 5.41) is 7.62. The first-order chi connectivity index (χ1) is 11.7. The van der Waals surface area contributed by atoms with Gasteiger partial charge >= 0.3 is 0 Å². The zero-order valence-electron chi connectivity index (χ0n) is 14.7. The molecule has 2 aliphatic rings. The fourth-order valence-electron chi connectivity index (χ4n) is 4.16. The number of aryl methyl sites for hydroxylation is 1. The highest BCUT2D eigenvalue weighted by Crippen LogP contribution is 2.25. The lowest BCUT2D eigenvalue weighted by atomic mass is 9.80. The van der Waals surface area contributed by atoms with Crippen LogP contribution in [0.5, 0.6) is 0 Å². The number of morpholine rings is 1. The van der Waals surface area contributed by atoms with Crippen LogP contribution in [0.3, 0.4) is 0 Å². The molecule has 1 heterocycles. The third kappa shape index (κ3) is 4.26. The Labute approximate surface area is 150 Å². The van der Waals surface area contributed by atoms with Gasteiger partial charge in [0.15, 0.2) is 5.11 Å². The smallest absolute Gasteiger partial charge is 0.171 e. The van der Waals surface area contributed by atoms with E-state index in [1.807, 2.05) is 6.07 Å². The molecule has 132 valence electrons. The van der Waals surface area contributed by atoms with E-state index in [-0.39, 0.29) is 0 Å². The summed E-state index contributed by atoms with van der Waals surface area (Å²) >= 11 is 5.56. The van der Waals surface area contributed by atoms with E-state index in [4.69, 9.17) is 17.0 Å². The quantitative estimate of drug-likeness (QED) is 0.727. The first kappa shape index (κ1) is 17.6. The highest BCUT2D eigenvalue weighted by atomic mass is 32.1. The molecule has 0 amide bonds. The van der Waals surface area contributed by atoms with Crippen LogP contribution in [0.1, 0.15) is 37.7 Å². The third-order valence-electron chi connectivity index (χ3n) is 5.64. The molecular weight excluding hydrogens is 318 g/mol. The second-order valence-corrected chi connectivity index (χ2v) is 7.59. The summed E-state index contributed by atoms with van der Waals surface area (Å²) in [7, 11) is 0. The summed E-state index contributed by atoms with van der Waals surface area (Å²) in [5.74, 6) is 0. The lowest BCUT2D eigenvalue weighted by Crippen LogP contribution is -3.23. The largest absolute Gasteiger partial charge is 0.370 e. The minimum absolute atomic E-state index is 0.319. The molecule has 0 unspecified atom stereocenters. The van der Waals surface area contributed by atoms with E-state index >= 15 is 0 Å². The highest BCUT2D eigenvalue weighted by molar-refractivity contribution is 7.80. The summed E-state index contributed by atoms with van der Waals surface area (Å²) in [6.45, 7) is 7.09. The predicted molar refractivity (Wildman–Crippen MR) is 103 cm³/mol. The zero-order valence-corrected chi connectivity index (χ0v) is 15.5. The highest BCUT2D eigenvalue weighted by Gasteiger charge is 2.42. The molecule has 0 atom stereocenters. The number of quaternary nitrogens is 1. The summed E-state index contributed by atoms with van der Waals surface area (Å²) < 4.78 is 5.57. The van der Waals surface area contributed by atoms with Gasteiger partial charge in [-0.05, 0) is 43.6 Å². The third-order valence-corrected chi connectivity index (χ3v) is 5.88. The number of hydrogen-bond donors (Lipinski definition) is 3. The van der Waals surface area contributed by atoms with Crippen LogP contribution >= 0.6 is 12.2 Å². The van der Waals surface area contributed by atoms with Crippen molar-refractivity contribution in [1.29, 1.82) is 0 Å². The standard InChI is InChI=1S/C19H29N3OS/c1-16-7-3-4-8-17(16)21-18(24)20-15-19(9-5-2-6-10-19)22-11-13-23-14-12-22/h3-4,7-8H,2,5-6,9-15H2,1H3,(H2,20,21,24)/p+1. The van der Waals surface area contributed by atoms with Gasteiger partial charge in [-0.2, -0.15) is 0 Å². The Morgan fingerprint density at radius 2 is 1.88 bits per heavy atom. The van der Waals surface area contributed by atoms with Gasteiger partial charge in [0.25, 0.3) is 0 Å². The topological polar surface area (TPSA) is 37.7 Å². The Kier molecular flexibility index (Phi) is 6.09. The fraction of sp³-hybridized carbons (Fsp3) is 0.632. The van der Waals surface area contributed by atoms with Gasteiger partial charge in [-0.15, -0.1) is 0 Å². The van der Waals surface area contributed by atoms with Crippen molar-refractivity contribution in [3.8, 4) is 0 Å². The second kappa shape index (κ2) is 8.28.